The molecular weight excluding hydrogens is 350 g/mol. The molecule has 0 spiro atoms. The first-order valence-corrected chi connectivity index (χ1v) is 8.49. The van der Waals surface area contributed by atoms with Crippen molar-refractivity contribution in [2.45, 2.75) is 0 Å². The zero-order valence-corrected chi connectivity index (χ0v) is 15.0. The second-order valence-corrected chi connectivity index (χ2v) is 6.23. The van der Waals surface area contributed by atoms with Gasteiger partial charge in [0.05, 0.1) is 30.6 Å². The quantitative estimate of drug-likeness (QED) is 0.732. The van der Waals surface area contributed by atoms with E-state index in [4.69, 9.17) is 15.6 Å². The van der Waals surface area contributed by atoms with Crippen LogP contribution in [0.2, 0.25) is 0 Å². The highest BCUT2D eigenvalue weighted by Gasteiger charge is 2.21. The number of methoxy groups -OCH3 is 1. The van der Waals surface area contributed by atoms with Crippen molar-refractivity contribution in [2.24, 2.45) is 0 Å². The van der Waals surface area contributed by atoms with Crippen molar-refractivity contribution in [3.05, 3.63) is 35.9 Å². The summed E-state index contributed by atoms with van der Waals surface area (Å²) in [6, 6.07) is 8.79. The van der Waals surface area contributed by atoms with Crippen molar-refractivity contribution >= 4 is 23.4 Å². The molecule has 1 saturated heterocycles. The predicted octanol–water partition coefficient (Wildman–Crippen LogP) is 0.719. The number of hydrogen-bond acceptors (Lipinski definition) is 8. The first-order chi connectivity index (χ1) is 13.0. The van der Waals surface area contributed by atoms with Gasteiger partial charge in [-0.25, -0.2) is 4.79 Å². The van der Waals surface area contributed by atoms with Gasteiger partial charge >= 0.3 is 11.9 Å². The summed E-state index contributed by atoms with van der Waals surface area (Å²) < 4.78 is 4.75. The minimum absolute atomic E-state index is 0.0312. The van der Waals surface area contributed by atoms with Gasteiger partial charge in [-0.3, -0.25) is 9.69 Å². The number of hydrogen-bond donors (Lipinski definition) is 2. The fraction of sp³-hybridized carbons (Fsp3) is 0.333. The fourth-order valence-electron chi connectivity index (χ4n) is 3.05. The average Bonchev–Trinajstić information content (AvgIpc) is 2.68. The molecule has 9 heteroatoms. The van der Waals surface area contributed by atoms with Crippen LogP contribution in [0.5, 0.6) is 0 Å². The number of ether oxygens (including phenoxy) is 1. The van der Waals surface area contributed by atoms with Crippen molar-refractivity contribution in [3.63, 3.8) is 0 Å². The Hall–Kier alpha value is -3.20. The molecule has 1 aliphatic heterocycles. The third-order valence-corrected chi connectivity index (χ3v) is 4.45. The average molecular weight is 371 g/mol. The molecular formula is C18H21N5O4. The van der Waals surface area contributed by atoms with E-state index in [1.807, 2.05) is 17.0 Å². The summed E-state index contributed by atoms with van der Waals surface area (Å²) in [5.41, 5.74) is 8.52. The van der Waals surface area contributed by atoms with Crippen molar-refractivity contribution in [1.29, 1.82) is 0 Å². The zero-order chi connectivity index (χ0) is 19.4. The standard InChI is InChI=1S/C18H21N5O4/c1-27-18(26)13-4-2-3-12(9-13)14-10-15(17(19)21-20-14)23-7-5-22(6-8-23)11-16(24)25/h2-4,9-10H,5-8,11H2,1H3,(H2,19,21)(H,24,25). The number of rotatable bonds is 5. The van der Waals surface area contributed by atoms with Crippen molar-refractivity contribution in [3.8, 4) is 11.3 Å². The lowest BCUT2D eigenvalue weighted by Crippen LogP contribution is -2.48. The number of nitrogen functional groups attached to an aromatic ring is 1. The van der Waals surface area contributed by atoms with Gasteiger partial charge in [0.1, 0.15) is 0 Å². The molecule has 0 saturated carbocycles. The number of carbonyl (C=O) groups excluding carboxylic acids is 1. The third-order valence-electron chi connectivity index (χ3n) is 4.45. The van der Waals surface area contributed by atoms with E-state index in [1.165, 1.54) is 7.11 Å². The number of esters is 1. The number of carboxylic acids is 1. The van der Waals surface area contributed by atoms with Gasteiger partial charge in [-0.1, -0.05) is 12.1 Å². The SMILES string of the molecule is COC(=O)c1cccc(-c2cc(N3CCN(CC(=O)O)CC3)c(N)nn2)c1. The summed E-state index contributed by atoms with van der Waals surface area (Å²) in [4.78, 5) is 26.5. The van der Waals surface area contributed by atoms with Gasteiger partial charge in [0, 0.05) is 31.7 Å². The Morgan fingerprint density at radius 3 is 2.59 bits per heavy atom. The van der Waals surface area contributed by atoms with Crippen LogP contribution in [0.25, 0.3) is 11.3 Å². The van der Waals surface area contributed by atoms with Gasteiger partial charge in [0.2, 0.25) is 0 Å². The highest BCUT2D eigenvalue weighted by atomic mass is 16.5. The third kappa shape index (κ3) is 4.32. The normalized spacial score (nSPS) is 14.8. The van der Waals surface area contributed by atoms with Crippen LogP contribution in [0.15, 0.2) is 30.3 Å². The molecule has 9 nitrogen and oxygen atoms in total. The Morgan fingerprint density at radius 1 is 1.19 bits per heavy atom. The monoisotopic (exact) mass is 371 g/mol. The first-order valence-electron chi connectivity index (χ1n) is 8.49. The van der Waals surface area contributed by atoms with Crippen molar-refractivity contribution in [2.75, 3.05) is 50.5 Å². The van der Waals surface area contributed by atoms with E-state index in [-0.39, 0.29) is 6.54 Å². The number of aliphatic carboxylic acids is 1. The number of benzene rings is 1. The van der Waals surface area contributed by atoms with E-state index in [0.29, 0.717) is 43.3 Å². The number of nitrogens with two attached hydrogens (primary N) is 1. The van der Waals surface area contributed by atoms with Gasteiger partial charge in [-0.15, -0.1) is 10.2 Å². The highest BCUT2D eigenvalue weighted by Crippen LogP contribution is 2.27. The highest BCUT2D eigenvalue weighted by molar-refractivity contribution is 5.91. The number of carbonyl (C=O) groups is 2. The van der Waals surface area contributed by atoms with Gasteiger partial charge in [-0.05, 0) is 18.2 Å². The van der Waals surface area contributed by atoms with Crippen molar-refractivity contribution < 1.29 is 19.4 Å². The van der Waals surface area contributed by atoms with Gasteiger partial charge in [-0.2, -0.15) is 0 Å². The molecule has 0 radical (unpaired) electrons. The Morgan fingerprint density at radius 2 is 1.93 bits per heavy atom. The maximum absolute atomic E-state index is 11.7. The molecule has 142 valence electrons. The molecule has 3 N–H and O–H groups in total. The molecule has 0 atom stereocenters. The molecule has 27 heavy (non-hydrogen) atoms. The summed E-state index contributed by atoms with van der Waals surface area (Å²) in [6.07, 6.45) is 0. The minimum Gasteiger partial charge on any atom is -0.480 e. The number of piperazine rings is 1. The zero-order valence-electron chi connectivity index (χ0n) is 15.0. The van der Waals surface area contributed by atoms with Crippen LogP contribution >= 0.6 is 0 Å². The number of nitrogens with zero attached hydrogens (tertiary/aromatic N) is 4. The minimum atomic E-state index is -0.832. The van der Waals surface area contributed by atoms with Gasteiger partial charge < -0.3 is 20.5 Å². The van der Waals surface area contributed by atoms with E-state index < -0.39 is 11.9 Å². The summed E-state index contributed by atoms with van der Waals surface area (Å²) >= 11 is 0. The molecule has 2 heterocycles. The van der Waals surface area contributed by atoms with Crippen LogP contribution < -0.4 is 10.6 Å². The van der Waals surface area contributed by atoms with E-state index >= 15 is 0 Å². The maximum Gasteiger partial charge on any atom is 0.337 e. The Bertz CT molecular complexity index is 849. The summed E-state index contributed by atoms with van der Waals surface area (Å²) in [7, 11) is 1.33. The molecule has 1 aliphatic rings. The topological polar surface area (TPSA) is 122 Å². The lowest BCUT2D eigenvalue weighted by atomic mass is 10.1. The second kappa shape index (κ2) is 8.00. The number of aromatic nitrogens is 2. The van der Waals surface area contributed by atoms with Crippen LogP contribution in [0.4, 0.5) is 11.5 Å². The molecule has 1 fully saturated rings. The Kier molecular flexibility index (Phi) is 5.51. The molecule has 1 aromatic heterocycles. The molecule has 0 unspecified atom stereocenters. The van der Waals surface area contributed by atoms with E-state index in [2.05, 4.69) is 15.1 Å². The second-order valence-electron chi connectivity index (χ2n) is 6.23. The molecule has 0 amide bonds. The van der Waals surface area contributed by atoms with Crippen LogP contribution in [0.3, 0.4) is 0 Å². The van der Waals surface area contributed by atoms with Crippen LogP contribution in [-0.2, 0) is 9.53 Å². The molecule has 2 aromatic rings. The Labute approximate surface area is 156 Å². The van der Waals surface area contributed by atoms with E-state index in [9.17, 15) is 9.59 Å². The molecule has 0 bridgehead atoms. The molecule has 3 rings (SSSR count). The smallest absolute Gasteiger partial charge is 0.337 e. The van der Waals surface area contributed by atoms with E-state index in [1.54, 1.807) is 18.2 Å². The maximum atomic E-state index is 11.7. The summed E-state index contributed by atoms with van der Waals surface area (Å²) in [5.74, 6) is -0.939. The Balaban J connectivity index is 1.81. The lowest BCUT2D eigenvalue weighted by molar-refractivity contribution is -0.138. The fourth-order valence-corrected chi connectivity index (χ4v) is 3.05. The number of carboxylic acid groups (broad SMARTS) is 1. The van der Waals surface area contributed by atoms with Gasteiger partial charge in [0.15, 0.2) is 5.82 Å². The van der Waals surface area contributed by atoms with Gasteiger partial charge in [0.25, 0.3) is 0 Å². The largest absolute Gasteiger partial charge is 0.480 e. The van der Waals surface area contributed by atoms with Crippen LogP contribution in [0.1, 0.15) is 10.4 Å². The van der Waals surface area contributed by atoms with Crippen LogP contribution in [-0.4, -0.2) is 72.0 Å². The lowest BCUT2D eigenvalue weighted by Gasteiger charge is -2.35. The number of anilines is 2. The van der Waals surface area contributed by atoms with Crippen molar-refractivity contribution in [1.82, 2.24) is 15.1 Å². The predicted molar refractivity (Wildman–Crippen MR) is 99.5 cm³/mol. The summed E-state index contributed by atoms with van der Waals surface area (Å²) in [6.45, 7) is 2.57. The van der Waals surface area contributed by atoms with E-state index in [0.717, 1.165) is 11.3 Å². The summed E-state index contributed by atoms with van der Waals surface area (Å²) in [5, 5.41) is 17.1. The van der Waals surface area contributed by atoms with Crippen LogP contribution in [0, 0.1) is 0 Å². The molecule has 0 aliphatic carbocycles. The first kappa shape index (κ1) is 18.6. The molecule has 1 aromatic carbocycles.